The van der Waals surface area contributed by atoms with E-state index in [9.17, 15) is 4.79 Å². The molecule has 3 heteroatoms. The Balaban J connectivity index is 2.38. The van der Waals surface area contributed by atoms with E-state index in [1.807, 2.05) is 18.2 Å². The Morgan fingerprint density at radius 1 is 1.33 bits per heavy atom. The molecule has 1 rings (SSSR count). The molecule has 0 fully saturated rings. The van der Waals surface area contributed by atoms with Gasteiger partial charge in [0, 0.05) is 25.0 Å². The first-order valence-corrected chi connectivity index (χ1v) is 5.84. The molecule has 2 nitrogen and oxygen atoms in total. The lowest BCUT2D eigenvalue weighted by Gasteiger charge is -2.10. The summed E-state index contributed by atoms with van der Waals surface area (Å²) in [6.45, 7) is 0. The molecule has 15 heavy (non-hydrogen) atoms. The summed E-state index contributed by atoms with van der Waals surface area (Å²) in [5.41, 5.74) is 1.27. The van der Waals surface area contributed by atoms with Crippen molar-refractivity contribution in [1.82, 2.24) is 4.90 Å². The highest BCUT2D eigenvalue weighted by Crippen LogP contribution is 2.17. The van der Waals surface area contributed by atoms with Gasteiger partial charge in [-0.05, 0) is 24.5 Å². The van der Waals surface area contributed by atoms with Gasteiger partial charge in [-0.2, -0.15) is 0 Å². The molecule has 0 N–H and O–H groups in total. The van der Waals surface area contributed by atoms with Gasteiger partial charge in [0.15, 0.2) is 0 Å². The Kier molecular flexibility index (Phi) is 4.82. The summed E-state index contributed by atoms with van der Waals surface area (Å²) >= 11 is 3.50. The third-order valence-electron chi connectivity index (χ3n) is 2.29. The highest BCUT2D eigenvalue weighted by atomic mass is 79.9. The predicted molar refractivity (Wildman–Crippen MR) is 65.8 cm³/mol. The zero-order chi connectivity index (χ0) is 11.3. The molecule has 0 aliphatic heterocycles. The molecule has 1 amide bonds. The minimum absolute atomic E-state index is 0.196. The molecule has 1 aromatic carbocycles. The van der Waals surface area contributed by atoms with Crippen LogP contribution in [0.25, 0.3) is 0 Å². The van der Waals surface area contributed by atoms with Crippen LogP contribution in [0, 0.1) is 0 Å². The summed E-state index contributed by atoms with van der Waals surface area (Å²) in [4.78, 5) is 13.0. The molecule has 0 saturated heterocycles. The number of hydrogen-bond acceptors (Lipinski definition) is 1. The summed E-state index contributed by atoms with van der Waals surface area (Å²) < 4.78 is 1.13. The number of halogens is 1. The van der Waals surface area contributed by atoms with Crippen molar-refractivity contribution in [2.24, 2.45) is 0 Å². The van der Waals surface area contributed by atoms with E-state index in [-0.39, 0.29) is 5.91 Å². The molecule has 0 heterocycles. The summed E-state index contributed by atoms with van der Waals surface area (Å²) in [7, 11) is 3.58. The normalized spacial score (nSPS) is 10.1. The first-order chi connectivity index (χ1) is 7.11. The number of nitrogens with zero attached hydrogens (tertiary/aromatic N) is 1. The lowest BCUT2D eigenvalue weighted by Crippen LogP contribution is -2.21. The van der Waals surface area contributed by atoms with Crippen molar-refractivity contribution in [3.8, 4) is 0 Å². The summed E-state index contributed by atoms with van der Waals surface area (Å²) in [5, 5.41) is 0. The molecular formula is C12H16BrNO. The van der Waals surface area contributed by atoms with Crippen molar-refractivity contribution in [2.45, 2.75) is 19.3 Å². The van der Waals surface area contributed by atoms with Crippen LogP contribution in [0.3, 0.4) is 0 Å². The van der Waals surface area contributed by atoms with Gasteiger partial charge in [-0.1, -0.05) is 34.1 Å². The van der Waals surface area contributed by atoms with Crippen LogP contribution in [-0.4, -0.2) is 24.9 Å². The van der Waals surface area contributed by atoms with Crippen LogP contribution < -0.4 is 0 Å². The van der Waals surface area contributed by atoms with E-state index in [2.05, 4.69) is 22.0 Å². The Hall–Kier alpha value is -0.830. The van der Waals surface area contributed by atoms with E-state index in [1.165, 1.54) is 5.56 Å². The topological polar surface area (TPSA) is 20.3 Å². The number of carbonyl (C=O) groups excluding carboxylic acids is 1. The predicted octanol–water partition coefficient (Wildman–Crippen LogP) is 2.86. The molecule has 0 spiro atoms. The molecular weight excluding hydrogens is 254 g/mol. The molecule has 0 unspecified atom stereocenters. The maximum Gasteiger partial charge on any atom is 0.222 e. The van der Waals surface area contributed by atoms with Gasteiger partial charge in [0.25, 0.3) is 0 Å². The number of aryl methyl sites for hydroxylation is 1. The molecule has 0 aliphatic carbocycles. The summed E-state index contributed by atoms with van der Waals surface area (Å²) in [6, 6.07) is 8.14. The SMILES string of the molecule is CN(C)C(=O)CCCc1ccccc1Br. The van der Waals surface area contributed by atoms with Gasteiger partial charge in [0.1, 0.15) is 0 Å². The average Bonchev–Trinajstić information content (AvgIpc) is 2.20. The van der Waals surface area contributed by atoms with E-state index in [0.29, 0.717) is 6.42 Å². The van der Waals surface area contributed by atoms with Crippen LogP contribution in [0.1, 0.15) is 18.4 Å². The van der Waals surface area contributed by atoms with Gasteiger partial charge in [-0.15, -0.1) is 0 Å². The minimum Gasteiger partial charge on any atom is -0.349 e. The van der Waals surface area contributed by atoms with E-state index in [0.717, 1.165) is 17.3 Å². The van der Waals surface area contributed by atoms with Gasteiger partial charge in [-0.25, -0.2) is 0 Å². The van der Waals surface area contributed by atoms with Gasteiger partial charge in [0.2, 0.25) is 5.91 Å². The first-order valence-electron chi connectivity index (χ1n) is 5.05. The van der Waals surface area contributed by atoms with E-state index in [1.54, 1.807) is 19.0 Å². The number of rotatable bonds is 4. The van der Waals surface area contributed by atoms with Crippen molar-refractivity contribution in [1.29, 1.82) is 0 Å². The number of hydrogen-bond donors (Lipinski definition) is 0. The lowest BCUT2D eigenvalue weighted by molar-refractivity contribution is -0.128. The molecule has 82 valence electrons. The standard InChI is InChI=1S/C12H16BrNO/c1-14(2)12(15)9-5-7-10-6-3-4-8-11(10)13/h3-4,6,8H,5,7,9H2,1-2H3. The summed E-state index contributed by atoms with van der Waals surface area (Å²) in [6.07, 6.45) is 2.47. The van der Waals surface area contributed by atoms with Crippen LogP contribution in [0.2, 0.25) is 0 Å². The fourth-order valence-corrected chi connectivity index (χ4v) is 1.84. The molecule has 0 bridgehead atoms. The second kappa shape index (κ2) is 5.91. The zero-order valence-electron chi connectivity index (χ0n) is 9.16. The fourth-order valence-electron chi connectivity index (χ4n) is 1.35. The average molecular weight is 270 g/mol. The van der Waals surface area contributed by atoms with Crippen molar-refractivity contribution in [2.75, 3.05) is 14.1 Å². The van der Waals surface area contributed by atoms with Crippen molar-refractivity contribution in [3.05, 3.63) is 34.3 Å². The minimum atomic E-state index is 0.196. The van der Waals surface area contributed by atoms with Gasteiger partial charge in [-0.3, -0.25) is 4.79 Å². The number of benzene rings is 1. The third-order valence-corrected chi connectivity index (χ3v) is 3.07. The number of amides is 1. The second-order valence-electron chi connectivity index (χ2n) is 3.73. The van der Waals surface area contributed by atoms with E-state index >= 15 is 0 Å². The van der Waals surface area contributed by atoms with E-state index < -0.39 is 0 Å². The molecule has 0 saturated carbocycles. The van der Waals surface area contributed by atoms with Crippen LogP contribution in [-0.2, 0) is 11.2 Å². The number of carbonyl (C=O) groups is 1. The van der Waals surface area contributed by atoms with Crippen LogP contribution in [0.5, 0.6) is 0 Å². The summed E-state index contributed by atoms with van der Waals surface area (Å²) in [5.74, 6) is 0.196. The zero-order valence-corrected chi connectivity index (χ0v) is 10.8. The Labute approximate surface area is 99.4 Å². The Morgan fingerprint density at radius 2 is 2.00 bits per heavy atom. The monoisotopic (exact) mass is 269 g/mol. The highest BCUT2D eigenvalue weighted by molar-refractivity contribution is 9.10. The fraction of sp³-hybridized carbons (Fsp3) is 0.417. The molecule has 0 aromatic heterocycles. The third kappa shape index (κ3) is 4.04. The molecule has 1 aromatic rings. The maximum absolute atomic E-state index is 11.3. The quantitative estimate of drug-likeness (QED) is 0.823. The van der Waals surface area contributed by atoms with Crippen molar-refractivity contribution >= 4 is 21.8 Å². The van der Waals surface area contributed by atoms with Crippen LogP contribution in [0.4, 0.5) is 0 Å². The maximum atomic E-state index is 11.3. The van der Waals surface area contributed by atoms with Crippen LogP contribution in [0.15, 0.2) is 28.7 Å². The Bertz CT molecular complexity index is 336. The molecule has 0 atom stereocenters. The van der Waals surface area contributed by atoms with Crippen molar-refractivity contribution in [3.63, 3.8) is 0 Å². The molecule has 0 aliphatic rings. The van der Waals surface area contributed by atoms with Gasteiger partial charge < -0.3 is 4.90 Å². The van der Waals surface area contributed by atoms with Gasteiger partial charge >= 0.3 is 0 Å². The van der Waals surface area contributed by atoms with Crippen LogP contribution >= 0.6 is 15.9 Å². The van der Waals surface area contributed by atoms with Gasteiger partial charge in [0.05, 0.1) is 0 Å². The largest absolute Gasteiger partial charge is 0.349 e. The smallest absolute Gasteiger partial charge is 0.222 e. The lowest BCUT2D eigenvalue weighted by atomic mass is 10.1. The van der Waals surface area contributed by atoms with Crippen molar-refractivity contribution < 1.29 is 4.79 Å². The Morgan fingerprint density at radius 3 is 2.60 bits per heavy atom. The van der Waals surface area contributed by atoms with E-state index in [4.69, 9.17) is 0 Å². The highest BCUT2D eigenvalue weighted by Gasteiger charge is 2.04. The second-order valence-corrected chi connectivity index (χ2v) is 4.59. The molecule has 0 radical (unpaired) electrons. The first kappa shape index (κ1) is 12.2.